The predicted molar refractivity (Wildman–Crippen MR) is 47.9 cm³/mol. The molecule has 0 N–H and O–H groups in total. The van der Waals surface area contributed by atoms with Gasteiger partial charge in [0.25, 0.3) is 0 Å². The molecule has 0 spiro atoms. The average molecular weight is 139 g/mol. The molecule has 0 aromatic heterocycles. The highest BCUT2D eigenvalue weighted by Gasteiger charge is 1.91. The minimum absolute atomic E-state index is 1.05. The van der Waals surface area contributed by atoms with Gasteiger partial charge in [0.05, 0.1) is 0 Å². The van der Waals surface area contributed by atoms with Gasteiger partial charge in [0, 0.05) is 0 Å². The Kier molecular flexibility index (Phi) is 6.68. The summed E-state index contributed by atoms with van der Waals surface area (Å²) in [6, 6.07) is 0. The summed E-state index contributed by atoms with van der Waals surface area (Å²) in [6.45, 7) is 8.27. The molecule has 59 valence electrons. The van der Waals surface area contributed by atoms with Crippen LogP contribution in [0.5, 0.6) is 0 Å². The molecule has 0 heterocycles. The van der Waals surface area contributed by atoms with Crippen LogP contribution in [0.1, 0.15) is 46.0 Å². The molecule has 0 unspecified atom stereocenters. The zero-order valence-electron chi connectivity index (χ0n) is 7.32. The lowest BCUT2D eigenvalue weighted by Gasteiger charge is -2.02. The van der Waals surface area contributed by atoms with Gasteiger partial charge in [-0.05, 0) is 25.7 Å². The Bertz CT molecular complexity index is 82.2. The first-order chi connectivity index (χ1) is 4.85. The first-order valence-electron chi connectivity index (χ1n) is 4.32. The van der Waals surface area contributed by atoms with Crippen molar-refractivity contribution in [2.45, 2.75) is 46.0 Å². The van der Waals surface area contributed by atoms with Crippen LogP contribution in [-0.2, 0) is 0 Å². The first-order valence-corrected chi connectivity index (χ1v) is 4.32. The molecule has 0 amide bonds. The third-order valence-corrected chi connectivity index (χ3v) is 1.56. The van der Waals surface area contributed by atoms with Gasteiger partial charge in [0.1, 0.15) is 0 Å². The fraction of sp³-hybridized carbons (Fsp3) is 0.700. The van der Waals surface area contributed by atoms with Crippen molar-refractivity contribution >= 4 is 0 Å². The first kappa shape index (κ1) is 9.74. The van der Waals surface area contributed by atoms with Crippen molar-refractivity contribution in [1.82, 2.24) is 0 Å². The molecule has 0 bridgehead atoms. The van der Waals surface area contributed by atoms with Crippen molar-refractivity contribution in [3.05, 3.63) is 18.6 Å². The molecule has 0 aromatic carbocycles. The van der Waals surface area contributed by atoms with Crippen LogP contribution in [0.25, 0.3) is 0 Å². The lowest BCUT2D eigenvalue weighted by Crippen LogP contribution is -1.81. The van der Waals surface area contributed by atoms with Crippen molar-refractivity contribution in [3.63, 3.8) is 0 Å². The Hall–Kier alpha value is -0.260. The molecule has 0 saturated heterocycles. The second kappa shape index (κ2) is 6.85. The summed E-state index contributed by atoms with van der Waals surface area (Å²) in [5, 5.41) is 0. The molecular weight excluding hydrogens is 120 g/mol. The second-order valence-electron chi connectivity index (χ2n) is 2.62. The van der Waals surface area contributed by atoms with E-state index in [1.807, 2.05) is 0 Å². The highest BCUT2D eigenvalue weighted by molar-refractivity contribution is 5.01. The van der Waals surface area contributed by atoms with Gasteiger partial charge in [-0.1, -0.05) is 38.8 Å². The Labute approximate surface area is 65.3 Å². The minimum Gasteiger partial charge on any atom is -0.0856 e. The Balaban J connectivity index is 3.60. The summed E-state index contributed by atoms with van der Waals surface area (Å²) >= 11 is 0. The van der Waals surface area contributed by atoms with Crippen LogP contribution in [0.3, 0.4) is 0 Å². The topological polar surface area (TPSA) is 0 Å². The maximum absolute atomic E-state index is 3.85. The van der Waals surface area contributed by atoms with Crippen LogP contribution >= 0.6 is 0 Å². The largest absolute Gasteiger partial charge is 0.0856 e. The molecule has 0 atom stereocenters. The van der Waals surface area contributed by atoms with Gasteiger partial charge in [0.2, 0.25) is 0 Å². The summed E-state index contributed by atoms with van der Waals surface area (Å²) in [5.41, 5.74) is 1.60. The van der Waals surface area contributed by atoms with Gasteiger partial charge in [-0.3, -0.25) is 0 Å². The number of hydrogen-bond acceptors (Lipinski definition) is 0. The van der Waals surface area contributed by atoms with Crippen molar-refractivity contribution in [2.75, 3.05) is 0 Å². The van der Waals surface area contributed by atoms with Crippen molar-refractivity contribution in [1.29, 1.82) is 0 Å². The number of hydrogen-bond donors (Lipinski definition) is 0. The van der Waals surface area contributed by atoms with Gasteiger partial charge in [0.15, 0.2) is 0 Å². The molecule has 0 fully saturated rings. The molecule has 0 saturated carbocycles. The van der Waals surface area contributed by atoms with E-state index in [9.17, 15) is 0 Å². The van der Waals surface area contributed by atoms with Gasteiger partial charge < -0.3 is 0 Å². The van der Waals surface area contributed by atoms with Crippen LogP contribution < -0.4 is 0 Å². The van der Waals surface area contributed by atoms with E-state index in [2.05, 4.69) is 26.8 Å². The monoisotopic (exact) mass is 139 g/mol. The van der Waals surface area contributed by atoms with Crippen LogP contribution in [0, 0.1) is 6.92 Å². The Morgan fingerprint density at radius 2 is 2.00 bits per heavy atom. The fourth-order valence-corrected chi connectivity index (χ4v) is 1.17. The van der Waals surface area contributed by atoms with Crippen LogP contribution in [-0.4, -0.2) is 0 Å². The molecule has 1 radical (unpaired) electrons. The quantitative estimate of drug-likeness (QED) is 0.509. The van der Waals surface area contributed by atoms with Crippen molar-refractivity contribution in [2.24, 2.45) is 0 Å². The maximum atomic E-state index is 3.85. The van der Waals surface area contributed by atoms with Crippen LogP contribution in [0.2, 0.25) is 0 Å². The highest BCUT2D eigenvalue weighted by atomic mass is 14.0. The van der Waals surface area contributed by atoms with E-state index in [-0.39, 0.29) is 0 Å². The van der Waals surface area contributed by atoms with Gasteiger partial charge in [-0.25, -0.2) is 0 Å². The molecule has 0 heteroatoms. The summed E-state index contributed by atoms with van der Waals surface area (Å²) in [5.74, 6) is 0. The summed E-state index contributed by atoms with van der Waals surface area (Å²) in [7, 11) is 0. The summed E-state index contributed by atoms with van der Waals surface area (Å²) in [4.78, 5) is 0. The lowest BCUT2D eigenvalue weighted by atomic mass is 10.0. The smallest absolute Gasteiger partial charge is 0.0320 e. The summed E-state index contributed by atoms with van der Waals surface area (Å²) < 4.78 is 0. The van der Waals surface area contributed by atoms with E-state index in [1.54, 1.807) is 5.57 Å². The zero-order valence-corrected chi connectivity index (χ0v) is 7.32. The SMILES string of the molecule is [CH2]CC/C(=C/CC)CCC. The van der Waals surface area contributed by atoms with Crippen LogP contribution in [0.4, 0.5) is 0 Å². The van der Waals surface area contributed by atoms with E-state index >= 15 is 0 Å². The standard InChI is InChI=1S/C10H19/c1-4-7-10(8-5-2)9-6-3/h8H,1,4-7,9H2,2-3H3/b10-8-. The minimum atomic E-state index is 1.05. The van der Waals surface area contributed by atoms with Crippen LogP contribution in [0.15, 0.2) is 11.6 Å². The normalized spacial score (nSPS) is 12.1. The van der Waals surface area contributed by atoms with E-state index in [0.717, 1.165) is 6.42 Å². The highest BCUT2D eigenvalue weighted by Crippen LogP contribution is 2.11. The number of rotatable bonds is 5. The molecule has 0 aliphatic carbocycles. The molecule has 0 aliphatic heterocycles. The fourth-order valence-electron chi connectivity index (χ4n) is 1.17. The third kappa shape index (κ3) is 4.60. The lowest BCUT2D eigenvalue weighted by molar-refractivity contribution is 0.819. The average Bonchev–Trinajstić information content (AvgIpc) is 1.90. The van der Waals surface area contributed by atoms with Gasteiger partial charge in [-0.2, -0.15) is 0 Å². The van der Waals surface area contributed by atoms with Gasteiger partial charge in [-0.15, -0.1) is 0 Å². The Morgan fingerprint density at radius 3 is 2.40 bits per heavy atom. The van der Waals surface area contributed by atoms with Crippen molar-refractivity contribution < 1.29 is 0 Å². The molecule has 0 nitrogen and oxygen atoms in total. The molecule has 10 heavy (non-hydrogen) atoms. The van der Waals surface area contributed by atoms with E-state index < -0.39 is 0 Å². The van der Waals surface area contributed by atoms with E-state index in [4.69, 9.17) is 0 Å². The van der Waals surface area contributed by atoms with Gasteiger partial charge >= 0.3 is 0 Å². The predicted octanol–water partition coefficient (Wildman–Crippen LogP) is 3.74. The zero-order chi connectivity index (χ0) is 7.82. The summed E-state index contributed by atoms with van der Waals surface area (Å²) in [6.07, 6.45) is 8.30. The van der Waals surface area contributed by atoms with E-state index in [0.29, 0.717) is 0 Å². The van der Waals surface area contributed by atoms with E-state index in [1.165, 1.54) is 25.7 Å². The molecule has 0 aromatic rings. The number of allylic oxidation sites excluding steroid dienone is 2. The third-order valence-electron chi connectivity index (χ3n) is 1.56. The molecule has 0 rings (SSSR count). The maximum Gasteiger partial charge on any atom is -0.0320 e. The molecule has 0 aliphatic rings. The molecular formula is C10H19. The second-order valence-corrected chi connectivity index (χ2v) is 2.62. The Morgan fingerprint density at radius 1 is 1.30 bits per heavy atom. The van der Waals surface area contributed by atoms with Crippen molar-refractivity contribution in [3.8, 4) is 0 Å².